The van der Waals surface area contributed by atoms with Gasteiger partial charge in [-0.05, 0) is 23.8 Å². The molecule has 0 aliphatic heterocycles. The molecule has 8 N–H and O–H groups in total. The number of carboxylic acid groups (broad SMARTS) is 1. The quantitative estimate of drug-likeness (QED) is 0.155. The van der Waals surface area contributed by atoms with Crippen LogP contribution in [0.4, 0.5) is 17.6 Å². The molecule has 0 radical (unpaired) electrons. The molecule has 0 amide bonds. The van der Waals surface area contributed by atoms with Crippen LogP contribution in [-0.2, 0) is 19.4 Å². The second-order valence-electron chi connectivity index (χ2n) is 8.22. The van der Waals surface area contributed by atoms with E-state index in [1.54, 1.807) is 6.07 Å². The Bertz CT molecular complexity index is 1680. The lowest BCUT2D eigenvalue weighted by molar-refractivity contribution is -0.372. The van der Waals surface area contributed by atoms with Crippen molar-refractivity contribution in [2.24, 2.45) is 0 Å². The van der Waals surface area contributed by atoms with Gasteiger partial charge in [-0.1, -0.05) is 29.3 Å². The minimum atomic E-state index is -5.44. The van der Waals surface area contributed by atoms with Gasteiger partial charge < -0.3 is 45.2 Å². The van der Waals surface area contributed by atoms with E-state index in [9.17, 15) is 40.3 Å². The van der Waals surface area contributed by atoms with E-state index >= 15 is 0 Å². The van der Waals surface area contributed by atoms with Crippen molar-refractivity contribution in [3.8, 4) is 17.6 Å². The number of benzene rings is 2. The van der Waals surface area contributed by atoms with Crippen LogP contribution < -0.4 is 35.7 Å². The summed E-state index contributed by atoms with van der Waals surface area (Å²) in [5.41, 5.74) is 6.54. The summed E-state index contributed by atoms with van der Waals surface area (Å²) in [5.74, 6) is -6.19. The van der Waals surface area contributed by atoms with Crippen LogP contribution in [0.2, 0.25) is 10.0 Å². The summed E-state index contributed by atoms with van der Waals surface area (Å²) < 4.78 is 97.1. The van der Waals surface area contributed by atoms with E-state index in [0.29, 0.717) is 30.5 Å². The zero-order valence-corrected chi connectivity index (χ0v) is 25.9. The molecule has 1 heterocycles. The van der Waals surface area contributed by atoms with E-state index < -0.39 is 56.7 Å². The van der Waals surface area contributed by atoms with E-state index in [0.717, 1.165) is 18.2 Å². The molecular formula is C22H21Cl2F4N4O9PS2. The summed E-state index contributed by atoms with van der Waals surface area (Å²) in [7, 11) is -10.1. The zero-order valence-electron chi connectivity index (χ0n) is 21.8. The lowest BCUT2D eigenvalue weighted by Crippen LogP contribution is -2.53. The number of halogens is 6. The molecule has 44 heavy (non-hydrogen) atoms. The van der Waals surface area contributed by atoms with Crippen molar-refractivity contribution in [2.45, 2.75) is 16.2 Å². The molecule has 2 aromatic carbocycles. The SMILES string of the molecule is N#Cc1ccc(C(NS(=O)(=O)c2cc3c(Cl)c(OCC[NH3+])c(OCC[NH3+])c(Cl)c3s2)P(=O)([O-])O)cc1F.O=C([O-])C(F)(F)F. The third-order valence-corrected chi connectivity index (χ3v) is 10.2. The van der Waals surface area contributed by atoms with E-state index in [4.69, 9.17) is 47.8 Å². The van der Waals surface area contributed by atoms with Crippen LogP contribution in [0, 0.1) is 17.1 Å². The maximum atomic E-state index is 14.1. The van der Waals surface area contributed by atoms with Crippen molar-refractivity contribution in [1.29, 1.82) is 5.26 Å². The molecule has 2 atom stereocenters. The fourth-order valence-corrected chi connectivity index (χ4v) is 7.85. The molecule has 242 valence electrons. The number of carbonyl (C=O) groups is 1. The van der Waals surface area contributed by atoms with Gasteiger partial charge >= 0.3 is 6.18 Å². The number of rotatable bonds is 11. The van der Waals surface area contributed by atoms with Gasteiger partial charge in [0.1, 0.15) is 59.2 Å². The summed E-state index contributed by atoms with van der Waals surface area (Å²) >= 11 is 13.7. The van der Waals surface area contributed by atoms with Gasteiger partial charge in [-0.3, -0.25) is 0 Å². The highest BCUT2D eigenvalue weighted by Crippen LogP contribution is 2.51. The predicted molar refractivity (Wildman–Crippen MR) is 143 cm³/mol. The molecule has 0 aliphatic carbocycles. The van der Waals surface area contributed by atoms with Crippen LogP contribution in [0.5, 0.6) is 11.5 Å². The third-order valence-electron chi connectivity index (χ3n) is 5.05. The summed E-state index contributed by atoms with van der Waals surface area (Å²) in [5, 5.41) is 17.9. The first-order chi connectivity index (χ1) is 20.3. The molecule has 1 aromatic heterocycles. The zero-order chi connectivity index (χ0) is 33.6. The number of quaternary nitrogens is 2. The highest BCUT2D eigenvalue weighted by Gasteiger charge is 2.32. The normalized spacial score (nSPS) is 13.8. The van der Waals surface area contributed by atoms with Gasteiger partial charge in [0.05, 0.1) is 15.3 Å². The van der Waals surface area contributed by atoms with Gasteiger partial charge in [-0.15, -0.1) is 11.3 Å². The van der Waals surface area contributed by atoms with E-state index in [1.807, 2.05) is 4.72 Å². The molecule has 0 bridgehead atoms. The van der Waals surface area contributed by atoms with E-state index in [2.05, 4.69) is 11.5 Å². The largest absolute Gasteiger partial charge is 0.777 e. The molecule has 22 heteroatoms. The molecular weight excluding hydrogens is 706 g/mol. The number of carboxylic acids is 1. The second-order valence-corrected chi connectivity index (χ2v) is 13.6. The third kappa shape index (κ3) is 9.14. The summed E-state index contributed by atoms with van der Waals surface area (Å²) in [6.07, 6.45) is -5.19. The van der Waals surface area contributed by atoms with Crippen molar-refractivity contribution < 1.29 is 71.2 Å². The average molecular weight is 727 g/mol. The maximum Gasteiger partial charge on any atom is 0.430 e. The van der Waals surface area contributed by atoms with Gasteiger partial charge in [0.25, 0.3) is 10.0 Å². The van der Waals surface area contributed by atoms with Crippen LogP contribution in [0.1, 0.15) is 16.9 Å². The van der Waals surface area contributed by atoms with Crippen LogP contribution in [-0.4, -0.2) is 51.8 Å². The Balaban J connectivity index is 0.000000860. The van der Waals surface area contributed by atoms with E-state index in [-0.39, 0.29) is 44.8 Å². The Morgan fingerprint density at radius 1 is 1.16 bits per heavy atom. The number of hydrogen-bond acceptors (Lipinski definition) is 10. The first-order valence-electron chi connectivity index (χ1n) is 11.6. The van der Waals surface area contributed by atoms with Gasteiger partial charge in [0.15, 0.2) is 19.1 Å². The second kappa shape index (κ2) is 15.0. The smallest absolute Gasteiger partial charge is 0.430 e. The number of nitriles is 1. The molecule has 13 nitrogen and oxygen atoms in total. The molecule has 0 spiro atoms. The fourth-order valence-electron chi connectivity index (χ4n) is 3.18. The van der Waals surface area contributed by atoms with Crippen molar-refractivity contribution in [3.63, 3.8) is 0 Å². The van der Waals surface area contributed by atoms with Crippen LogP contribution in [0.25, 0.3) is 10.1 Å². The number of nitrogens with zero attached hydrogens (tertiary/aromatic N) is 1. The van der Waals surface area contributed by atoms with Crippen molar-refractivity contribution >= 4 is 68.2 Å². The maximum absolute atomic E-state index is 14.1. The number of ether oxygens (including phenoxy) is 2. The fraction of sp³-hybridized carbons (Fsp3) is 0.273. The minimum Gasteiger partial charge on any atom is -0.777 e. The topological polar surface area (TPSA) is 244 Å². The molecule has 0 aliphatic rings. The first kappa shape index (κ1) is 37.4. The molecule has 3 aromatic rings. The Morgan fingerprint density at radius 2 is 1.68 bits per heavy atom. The molecule has 3 rings (SSSR count). The number of hydrogen-bond donors (Lipinski definition) is 4. The summed E-state index contributed by atoms with van der Waals surface area (Å²) in [6, 6.07) is 5.32. The summed E-state index contributed by atoms with van der Waals surface area (Å²) in [4.78, 5) is 30.6. The Kier molecular flexibility index (Phi) is 12.8. The molecule has 0 fully saturated rings. The van der Waals surface area contributed by atoms with Crippen molar-refractivity contribution in [3.05, 3.63) is 51.3 Å². The molecule has 0 saturated carbocycles. The Labute approximate surface area is 260 Å². The number of carbonyl (C=O) groups excluding carboxylic acids is 1. The Morgan fingerprint density at radius 3 is 2.11 bits per heavy atom. The van der Waals surface area contributed by atoms with Crippen LogP contribution in [0.15, 0.2) is 28.5 Å². The van der Waals surface area contributed by atoms with E-state index in [1.165, 1.54) is 0 Å². The Hall–Kier alpha value is -2.76. The number of nitrogens with one attached hydrogen (secondary N) is 1. The minimum absolute atomic E-state index is 0.00646. The number of fused-ring (bicyclic) bond motifs is 1. The van der Waals surface area contributed by atoms with Gasteiger partial charge in [0, 0.05) is 5.39 Å². The number of sulfonamides is 1. The monoisotopic (exact) mass is 726 g/mol. The van der Waals surface area contributed by atoms with Crippen LogP contribution >= 0.6 is 42.1 Å². The van der Waals surface area contributed by atoms with Gasteiger partial charge in [0.2, 0.25) is 0 Å². The van der Waals surface area contributed by atoms with Crippen LogP contribution in [0.3, 0.4) is 0 Å². The highest BCUT2D eigenvalue weighted by molar-refractivity contribution is 7.92. The van der Waals surface area contributed by atoms with Crippen molar-refractivity contribution in [1.82, 2.24) is 4.72 Å². The van der Waals surface area contributed by atoms with Gasteiger partial charge in [-0.25, -0.2) is 12.8 Å². The number of aliphatic carboxylic acids is 1. The lowest BCUT2D eigenvalue weighted by Gasteiger charge is -2.28. The highest BCUT2D eigenvalue weighted by atomic mass is 35.5. The standard InChI is InChI=1S/C20H20Cl2FN4O7PS2.C2HF3O2/c21-15-12-8-14(36-19(12)16(22)18(34-6-4-25)17(15)33-5-3-24)37(31,32)27-20(35(28,29)30)10-1-2-11(9-26)13(23)7-10;3-2(4,5)1(6)7/h1-2,7-8,20,27H,3-6,24-25H2,(H2,28,29,30);(H,6,7). The summed E-state index contributed by atoms with van der Waals surface area (Å²) in [6.45, 7) is 1.11. The molecule has 2 unspecified atom stereocenters. The molecule has 0 saturated heterocycles. The lowest BCUT2D eigenvalue weighted by atomic mass is 10.1. The predicted octanol–water partition coefficient (Wildman–Crippen LogP) is 0.282. The average Bonchev–Trinajstić information content (AvgIpc) is 3.39. The first-order valence-corrected chi connectivity index (χ1v) is 16.3. The number of thiophene rings is 1. The van der Waals surface area contributed by atoms with Crippen molar-refractivity contribution in [2.75, 3.05) is 26.3 Å². The van der Waals surface area contributed by atoms with Gasteiger partial charge in [-0.2, -0.15) is 23.2 Å². The number of alkyl halides is 3.